The van der Waals surface area contributed by atoms with E-state index in [0.29, 0.717) is 19.3 Å². The van der Waals surface area contributed by atoms with Crippen LogP contribution in [0.1, 0.15) is 44.9 Å². The molecule has 0 aromatic rings. The van der Waals surface area contributed by atoms with E-state index in [1.807, 2.05) is 0 Å². The molecule has 5 fully saturated rings. The summed E-state index contributed by atoms with van der Waals surface area (Å²) in [7, 11) is 0. The minimum atomic E-state index is -4.68. The standard InChI is InChI=1S/C19H24F6N2O6/c20-18(21,22)32-12-1-10(2-12)30-5-14(28)26-16-7-17(8-16,9-16)27-15(29)6-31-11-3-13(4-11)33-19(23,24)25/h10-13H,1-9H2,(H,26,28)(H,27,29)/t10-,11-,12-,13-,16?,17?. The van der Waals surface area contributed by atoms with Crippen LogP contribution in [-0.2, 0) is 28.5 Å². The minimum absolute atomic E-state index is 0.0754. The molecule has 0 atom stereocenters. The first-order chi connectivity index (χ1) is 15.2. The van der Waals surface area contributed by atoms with Gasteiger partial charge in [0.2, 0.25) is 11.8 Å². The third kappa shape index (κ3) is 6.28. The Bertz CT molecular complexity index is 683. The van der Waals surface area contributed by atoms with E-state index < -0.39 is 48.2 Å². The number of nitrogens with one attached hydrogen (secondary N) is 2. The van der Waals surface area contributed by atoms with Crippen molar-refractivity contribution in [3.63, 3.8) is 0 Å². The molecule has 188 valence electrons. The van der Waals surface area contributed by atoms with Crippen LogP contribution in [0.5, 0.6) is 0 Å². The lowest BCUT2D eigenvalue weighted by molar-refractivity contribution is -0.358. The molecular formula is C19H24F6N2O6. The average Bonchev–Trinajstić information content (AvgIpc) is 2.53. The number of ether oxygens (including phenoxy) is 4. The van der Waals surface area contributed by atoms with Crippen LogP contribution in [0.4, 0.5) is 26.3 Å². The van der Waals surface area contributed by atoms with Crippen molar-refractivity contribution >= 4 is 11.8 Å². The molecule has 5 aliphatic carbocycles. The van der Waals surface area contributed by atoms with E-state index in [2.05, 4.69) is 20.1 Å². The molecule has 5 aliphatic rings. The maximum absolute atomic E-state index is 12.1. The SMILES string of the molecule is O=C(CO[C@H]1C[C@H](OC(F)(F)F)C1)NC12CC(NC(=O)CO[C@H]3C[C@H](OC(F)(F)F)C3)(C1)C2. The Morgan fingerprint density at radius 3 is 1.30 bits per heavy atom. The third-order valence-electron chi connectivity index (χ3n) is 6.44. The van der Waals surface area contributed by atoms with Crippen LogP contribution < -0.4 is 10.6 Å². The molecule has 2 amide bonds. The van der Waals surface area contributed by atoms with Crippen LogP contribution in [0, 0.1) is 0 Å². The number of carbonyl (C=O) groups is 2. The highest BCUT2D eigenvalue weighted by Gasteiger charge is 2.69. The Morgan fingerprint density at radius 1 is 0.667 bits per heavy atom. The monoisotopic (exact) mass is 490 g/mol. The van der Waals surface area contributed by atoms with Crippen molar-refractivity contribution in [3.05, 3.63) is 0 Å². The van der Waals surface area contributed by atoms with Gasteiger partial charge in [0.15, 0.2) is 0 Å². The summed E-state index contributed by atoms with van der Waals surface area (Å²) < 4.78 is 90.8. The van der Waals surface area contributed by atoms with Crippen LogP contribution in [0.2, 0.25) is 0 Å². The van der Waals surface area contributed by atoms with Gasteiger partial charge in [0.25, 0.3) is 0 Å². The quantitative estimate of drug-likeness (QED) is 0.456. The third-order valence-corrected chi connectivity index (χ3v) is 6.44. The lowest BCUT2D eigenvalue weighted by Gasteiger charge is -2.70. The van der Waals surface area contributed by atoms with Crippen LogP contribution in [0.3, 0.4) is 0 Å². The molecular weight excluding hydrogens is 466 g/mol. The summed E-state index contributed by atoms with van der Waals surface area (Å²) in [4.78, 5) is 24.1. The summed E-state index contributed by atoms with van der Waals surface area (Å²) in [6, 6.07) is 0. The number of hydrogen-bond acceptors (Lipinski definition) is 6. The fourth-order valence-electron chi connectivity index (χ4n) is 4.98. The van der Waals surface area contributed by atoms with Crippen LogP contribution in [0.15, 0.2) is 0 Å². The molecule has 2 bridgehead atoms. The topological polar surface area (TPSA) is 95.1 Å². The molecule has 0 spiro atoms. The summed E-state index contributed by atoms with van der Waals surface area (Å²) in [5.41, 5.74) is -0.849. The Morgan fingerprint density at radius 2 is 1.00 bits per heavy atom. The van der Waals surface area contributed by atoms with Gasteiger partial charge in [-0.15, -0.1) is 26.3 Å². The normalized spacial score (nSPS) is 37.2. The van der Waals surface area contributed by atoms with E-state index in [1.54, 1.807) is 0 Å². The van der Waals surface area contributed by atoms with Crippen molar-refractivity contribution in [1.29, 1.82) is 0 Å². The number of rotatable bonds is 10. The Labute approximate surface area is 184 Å². The van der Waals surface area contributed by atoms with E-state index in [-0.39, 0.29) is 50.7 Å². The highest BCUT2D eigenvalue weighted by atomic mass is 19.4. The number of carbonyl (C=O) groups excluding carboxylic acids is 2. The highest BCUT2D eigenvalue weighted by molar-refractivity contribution is 5.81. The maximum atomic E-state index is 12.1. The van der Waals surface area contributed by atoms with Gasteiger partial charge in [0, 0.05) is 36.8 Å². The van der Waals surface area contributed by atoms with E-state index in [4.69, 9.17) is 9.47 Å². The van der Waals surface area contributed by atoms with Gasteiger partial charge in [-0.05, 0) is 19.3 Å². The van der Waals surface area contributed by atoms with Crippen LogP contribution in [-0.4, -0.2) is 73.2 Å². The molecule has 14 heteroatoms. The van der Waals surface area contributed by atoms with Crippen molar-refractivity contribution in [2.24, 2.45) is 0 Å². The zero-order chi connectivity index (χ0) is 24.1. The highest BCUT2D eigenvalue weighted by Crippen LogP contribution is 2.60. The second-order valence-electron chi connectivity index (χ2n) is 9.37. The molecule has 5 rings (SSSR count). The zero-order valence-electron chi connectivity index (χ0n) is 17.4. The van der Waals surface area contributed by atoms with Gasteiger partial charge in [0.1, 0.15) is 13.2 Å². The van der Waals surface area contributed by atoms with Gasteiger partial charge < -0.3 is 20.1 Å². The van der Waals surface area contributed by atoms with Gasteiger partial charge in [0.05, 0.1) is 24.4 Å². The number of alkyl halides is 6. The predicted octanol–water partition coefficient (Wildman–Crippen LogP) is 2.06. The van der Waals surface area contributed by atoms with Gasteiger partial charge >= 0.3 is 12.7 Å². The first kappa shape index (κ1) is 24.5. The molecule has 0 radical (unpaired) electrons. The lowest BCUT2D eigenvalue weighted by atomic mass is 9.44. The summed E-state index contributed by atoms with van der Waals surface area (Å²) in [6.07, 6.45) is -10.2. The smallest absolute Gasteiger partial charge is 0.368 e. The molecule has 0 heterocycles. The first-order valence-electron chi connectivity index (χ1n) is 10.6. The largest absolute Gasteiger partial charge is 0.522 e. The van der Waals surface area contributed by atoms with Gasteiger partial charge in [-0.2, -0.15) is 0 Å². The molecule has 33 heavy (non-hydrogen) atoms. The second kappa shape index (κ2) is 8.54. The molecule has 0 unspecified atom stereocenters. The van der Waals surface area contributed by atoms with Crippen molar-refractivity contribution in [3.8, 4) is 0 Å². The number of halogens is 6. The summed E-state index contributed by atoms with van der Waals surface area (Å²) >= 11 is 0. The zero-order valence-corrected chi connectivity index (χ0v) is 17.4. The van der Waals surface area contributed by atoms with Crippen molar-refractivity contribution in [2.75, 3.05) is 13.2 Å². The van der Waals surface area contributed by atoms with Gasteiger partial charge in [-0.25, -0.2) is 0 Å². The second-order valence-corrected chi connectivity index (χ2v) is 9.37. The predicted molar refractivity (Wildman–Crippen MR) is 95.4 cm³/mol. The molecule has 2 N–H and O–H groups in total. The average molecular weight is 490 g/mol. The molecule has 0 aromatic heterocycles. The molecule has 5 saturated carbocycles. The molecule has 8 nitrogen and oxygen atoms in total. The van der Waals surface area contributed by atoms with Gasteiger partial charge in [-0.3, -0.25) is 19.1 Å². The fourth-order valence-corrected chi connectivity index (χ4v) is 4.98. The van der Waals surface area contributed by atoms with Crippen molar-refractivity contribution in [2.45, 2.75) is 93.2 Å². The van der Waals surface area contributed by atoms with Crippen LogP contribution >= 0.6 is 0 Å². The number of hydrogen-bond donors (Lipinski definition) is 2. The fraction of sp³-hybridized carbons (Fsp3) is 0.895. The molecule has 0 aliphatic heterocycles. The van der Waals surface area contributed by atoms with E-state index >= 15 is 0 Å². The first-order valence-corrected chi connectivity index (χ1v) is 10.6. The Kier molecular flexibility index (Phi) is 6.34. The van der Waals surface area contributed by atoms with E-state index in [1.165, 1.54) is 0 Å². The lowest BCUT2D eigenvalue weighted by Crippen LogP contribution is -2.84. The van der Waals surface area contributed by atoms with Crippen LogP contribution in [0.25, 0.3) is 0 Å². The molecule has 0 saturated heterocycles. The Hall–Kier alpha value is -1.64. The molecule has 0 aromatic carbocycles. The van der Waals surface area contributed by atoms with E-state index in [0.717, 1.165) is 0 Å². The van der Waals surface area contributed by atoms with Gasteiger partial charge in [-0.1, -0.05) is 0 Å². The summed E-state index contributed by atoms with van der Waals surface area (Å²) in [6.45, 7) is -0.530. The maximum Gasteiger partial charge on any atom is 0.522 e. The minimum Gasteiger partial charge on any atom is -0.368 e. The Balaban J connectivity index is 1.04. The van der Waals surface area contributed by atoms with Crippen molar-refractivity contribution < 1.29 is 54.9 Å². The summed E-state index contributed by atoms with van der Waals surface area (Å²) in [5.74, 6) is -0.752. The van der Waals surface area contributed by atoms with Crippen molar-refractivity contribution in [1.82, 2.24) is 10.6 Å². The summed E-state index contributed by atoms with van der Waals surface area (Å²) in [5, 5.41) is 5.68. The van der Waals surface area contributed by atoms with E-state index in [9.17, 15) is 35.9 Å². The number of amides is 2.